The molecule has 1 heterocycles. The average Bonchev–Trinajstić information content (AvgIpc) is 3.13. The number of rotatable bonds is 5. The van der Waals surface area contributed by atoms with Gasteiger partial charge in [-0.15, -0.1) is 0 Å². The molecule has 2 aromatic carbocycles. The zero-order valence-corrected chi connectivity index (χ0v) is 17.8. The molecule has 0 spiro atoms. The molecule has 1 aromatic heterocycles. The van der Waals surface area contributed by atoms with Crippen LogP contribution in [0, 0.1) is 13.8 Å². The normalized spacial score (nSPS) is 11.7. The van der Waals surface area contributed by atoms with E-state index in [1.807, 2.05) is 32.9 Å². The summed E-state index contributed by atoms with van der Waals surface area (Å²) in [6.07, 6.45) is 1.11. The molecular formula is C21H23N3O4S. The predicted octanol–water partition coefficient (Wildman–Crippen LogP) is 4.13. The Morgan fingerprint density at radius 2 is 1.83 bits per heavy atom. The number of nitrogens with one attached hydrogen (secondary N) is 1. The summed E-state index contributed by atoms with van der Waals surface area (Å²) in [5.74, 6) is 0.591. The van der Waals surface area contributed by atoms with Crippen LogP contribution in [-0.2, 0) is 9.84 Å². The van der Waals surface area contributed by atoms with Crippen LogP contribution in [0.1, 0.15) is 47.1 Å². The Kier molecular flexibility index (Phi) is 5.57. The summed E-state index contributed by atoms with van der Waals surface area (Å²) in [5, 5.41) is 6.88. The van der Waals surface area contributed by atoms with Gasteiger partial charge in [0.1, 0.15) is 0 Å². The van der Waals surface area contributed by atoms with E-state index in [0.717, 1.165) is 11.8 Å². The van der Waals surface area contributed by atoms with E-state index in [1.165, 1.54) is 12.1 Å². The Hall–Kier alpha value is -3.00. The number of para-hydroxylation sites is 1. The molecule has 3 rings (SSSR count). The summed E-state index contributed by atoms with van der Waals surface area (Å²) in [6.45, 7) is 7.54. The highest BCUT2D eigenvalue weighted by Crippen LogP contribution is 2.31. The van der Waals surface area contributed by atoms with E-state index in [9.17, 15) is 13.2 Å². The van der Waals surface area contributed by atoms with Crippen LogP contribution in [0.2, 0.25) is 0 Å². The lowest BCUT2D eigenvalue weighted by Crippen LogP contribution is -2.16. The van der Waals surface area contributed by atoms with Crippen molar-refractivity contribution in [2.45, 2.75) is 38.5 Å². The second-order valence-corrected chi connectivity index (χ2v) is 9.33. The largest absolute Gasteiger partial charge is 0.334 e. The lowest BCUT2D eigenvalue weighted by Gasteiger charge is -2.13. The first kappa shape index (κ1) is 20.7. The van der Waals surface area contributed by atoms with Gasteiger partial charge in [-0.25, -0.2) is 8.42 Å². The van der Waals surface area contributed by atoms with Crippen molar-refractivity contribution in [3.05, 3.63) is 58.9 Å². The Balaban J connectivity index is 2.02. The van der Waals surface area contributed by atoms with Crippen molar-refractivity contribution in [1.82, 2.24) is 10.1 Å². The van der Waals surface area contributed by atoms with E-state index in [2.05, 4.69) is 15.5 Å². The molecular weight excluding hydrogens is 390 g/mol. The molecule has 152 valence electrons. The average molecular weight is 413 g/mol. The maximum atomic E-state index is 13.0. The standard InChI is InChI=1S/C21H23N3O4S/c1-12(2)19-23-21(28-24-19)16-8-6-7-14(4)18(16)22-20(25)17-11-15(29(5,26)27)10-9-13(17)3/h6-12H,1-5H3,(H,22,25). The van der Waals surface area contributed by atoms with Crippen molar-refractivity contribution >= 4 is 21.4 Å². The van der Waals surface area contributed by atoms with Crippen molar-refractivity contribution < 1.29 is 17.7 Å². The topological polar surface area (TPSA) is 102 Å². The SMILES string of the molecule is Cc1ccc(S(C)(=O)=O)cc1C(=O)Nc1c(C)cccc1-c1nc(C(C)C)no1. The van der Waals surface area contributed by atoms with E-state index in [1.54, 1.807) is 19.1 Å². The van der Waals surface area contributed by atoms with Crippen molar-refractivity contribution in [1.29, 1.82) is 0 Å². The minimum absolute atomic E-state index is 0.0942. The van der Waals surface area contributed by atoms with Crippen molar-refractivity contribution in [3.8, 4) is 11.5 Å². The van der Waals surface area contributed by atoms with Gasteiger partial charge in [-0.05, 0) is 43.2 Å². The number of aryl methyl sites for hydroxylation is 2. The lowest BCUT2D eigenvalue weighted by atomic mass is 10.1. The van der Waals surface area contributed by atoms with Gasteiger partial charge in [-0.1, -0.05) is 37.2 Å². The van der Waals surface area contributed by atoms with E-state index in [-0.39, 0.29) is 16.4 Å². The lowest BCUT2D eigenvalue weighted by molar-refractivity contribution is 0.102. The zero-order valence-electron chi connectivity index (χ0n) is 17.0. The van der Waals surface area contributed by atoms with Crippen LogP contribution in [0.4, 0.5) is 5.69 Å². The number of sulfone groups is 1. The molecule has 0 aliphatic heterocycles. The minimum atomic E-state index is -3.43. The maximum absolute atomic E-state index is 13.0. The fourth-order valence-corrected chi connectivity index (χ4v) is 3.50. The third-order valence-electron chi connectivity index (χ3n) is 4.58. The van der Waals surface area contributed by atoms with E-state index in [4.69, 9.17) is 4.52 Å². The zero-order chi connectivity index (χ0) is 21.3. The summed E-state index contributed by atoms with van der Waals surface area (Å²) in [4.78, 5) is 17.5. The van der Waals surface area contributed by atoms with Crippen LogP contribution in [-0.4, -0.2) is 30.7 Å². The highest BCUT2D eigenvalue weighted by atomic mass is 32.2. The van der Waals surface area contributed by atoms with Crippen molar-refractivity contribution in [3.63, 3.8) is 0 Å². The van der Waals surface area contributed by atoms with Gasteiger partial charge in [-0.2, -0.15) is 4.98 Å². The first-order chi connectivity index (χ1) is 13.6. The van der Waals surface area contributed by atoms with Crippen LogP contribution in [0.15, 0.2) is 45.8 Å². The number of anilines is 1. The van der Waals surface area contributed by atoms with E-state index in [0.29, 0.717) is 28.5 Å². The number of amides is 1. The first-order valence-electron chi connectivity index (χ1n) is 9.13. The molecule has 0 saturated heterocycles. The first-order valence-corrected chi connectivity index (χ1v) is 11.0. The highest BCUT2D eigenvalue weighted by molar-refractivity contribution is 7.90. The molecule has 0 aliphatic rings. The molecule has 29 heavy (non-hydrogen) atoms. The van der Waals surface area contributed by atoms with Crippen LogP contribution < -0.4 is 5.32 Å². The van der Waals surface area contributed by atoms with Gasteiger partial charge in [0.05, 0.1) is 16.1 Å². The van der Waals surface area contributed by atoms with Crippen molar-refractivity contribution in [2.24, 2.45) is 0 Å². The summed E-state index contributed by atoms with van der Waals surface area (Å²) in [5.41, 5.74) is 2.92. The van der Waals surface area contributed by atoms with Gasteiger partial charge >= 0.3 is 0 Å². The molecule has 1 N–H and O–H groups in total. The van der Waals surface area contributed by atoms with Gasteiger partial charge in [0.15, 0.2) is 15.7 Å². The molecule has 0 saturated carbocycles. The Morgan fingerprint density at radius 1 is 1.10 bits per heavy atom. The number of hydrogen-bond acceptors (Lipinski definition) is 6. The quantitative estimate of drug-likeness (QED) is 0.675. The molecule has 0 fully saturated rings. The molecule has 0 unspecified atom stereocenters. The van der Waals surface area contributed by atoms with Crippen LogP contribution >= 0.6 is 0 Å². The molecule has 1 amide bonds. The Labute approximate surface area is 170 Å². The Bertz CT molecular complexity index is 1180. The van der Waals surface area contributed by atoms with Crippen LogP contribution in [0.5, 0.6) is 0 Å². The van der Waals surface area contributed by atoms with Crippen LogP contribution in [0.3, 0.4) is 0 Å². The van der Waals surface area contributed by atoms with Gasteiger partial charge in [-0.3, -0.25) is 4.79 Å². The van der Waals surface area contributed by atoms with Gasteiger partial charge in [0.25, 0.3) is 11.8 Å². The number of carbonyl (C=O) groups excluding carboxylic acids is 1. The summed E-state index contributed by atoms with van der Waals surface area (Å²) in [6, 6.07) is 10.00. The summed E-state index contributed by atoms with van der Waals surface area (Å²) < 4.78 is 29.1. The second kappa shape index (κ2) is 7.79. The van der Waals surface area contributed by atoms with E-state index >= 15 is 0 Å². The van der Waals surface area contributed by atoms with Gasteiger partial charge < -0.3 is 9.84 Å². The molecule has 0 radical (unpaired) electrons. The smallest absolute Gasteiger partial charge is 0.260 e. The fraction of sp³-hybridized carbons (Fsp3) is 0.286. The molecule has 3 aromatic rings. The highest BCUT2D eigenvalue weighted by Gasteiger charge is 2.20. The second-order valence-electron chi connectivity index (χ2n) is 7.31. The van der Waals surface area contributed by atoms with Gasteiger partial charge in [0.2, 0.25) is 0 Å². The van der Waals surface area contributed by atoms with Gasteiger partial charge in [0, 0.05) is 17.7 Å². The van der Waals surface area contributed by atoms with E-state index < -0.39 is 15.7 Å². The number of nitrogens with zero attached hydrogens (tertiary/aromatic N) is 2. The molecule has 0 bridgehead atoms. The number of hydrogen-bond donors (Lipinski definition) is 1. The van der Waals surface area contributed by atoms with Crippen molar-refractivity contribution in [2.75, 3.05) is 11.6 Å². The fourth-order valence-electron chi connectivity index (χ4n) is 2.85. The minimum Gasteiger partial charge on any atom is -0.334 e. The summed E-state index contributed by atoms with van der Waals surface area (Å²) >= 11 is 0. The third kappa shape index (κ3) is 4.37. The van der Waals surface area contributed by atoms with Crippen LogP contribution in [0.25, 0.3) is 11.5 Å². The predicted molar refractivity (Wildman–Crippen MR) is 111 cm³/mol. The monoisotopic (exact) mass is 413 g/mol. The number of carbonyl (C=O) groups is 1. The molecule has 0 atom stereocenters. The molecule has 0 aliphatic carbocycles. The summed E-state index contributed by atoms with van der Waals surface area (Å²) in [7, 11) is -3.43. The molecule has 7 nitrogen and oxygen atoms in total. The molecule has 8 heteroatoms. The number of aromatic nitrogens is 2. The third-order valence-corrected chi connectivity index (χ3v) is 5.69. The Morgan fingerprint density at radius 3 is 2.45 bits per heavy atom. The number of benzene rings is 2. The maximum Gasteiger partial charge on any atom is 0.260 e.